The molecular formula is C14H20N4S. The van der Waals surface area contributed by atoms with Gasteiger partial charge in [0.05, 0.1) is 5.39 Å². The van der Waals surface area contributed by atoms with Crippen molar-refractivity contribution in [2.75, 3.05) is 18.0 Å². The smallest absolute Gasteiger partial charge is 0.141 e. The average Bonchev–Trinajstić information content (AvgIpc) is 2.64. The van der Waals surface area contributed by atoms with E-state index in [0.717, 1.165) is 42.4 Å². The minimum absolute atomic E-state index is 0.263. The van der Waals surface area contributed by atoms with Gasteiger partial charge in [0.1, 0.15) is 16.5 Å². The Balaban J connectivity index is 2.16. The lowest BCUT2D eigenvalue weighted by Crippen LogP contribution is -2.43. The molecule has 1 aliphatic rings. The Hall–Kier alpha value is -1.20. The number of anilines is 1. The third-order valence-electron chi connectivity index (χ3n) is 3.88. The molecule has 0 unspecified atom stereocenters. The van der Waals surface area contributed by atoms with Gasteiger partial charge in [0.15, 0.2) is 0 Å². The van der Waals surface area contributed by atoms with Crippen molar-refractivity contribution < 1.29 is 0 Å². The van der Waals surface area contributed by atoms with Gasteiger partial charge in [-0.05, 0) is 39.2 Å². The van der Waals surface area contributed by atoms with E-state index in [4.69, 9.17) is 10.7 Å². The second-order valence-electron chi connectivity index (χ2n) is 5.41. The third kappa shape index (κ3) is 2.21. The highest BCUT2D eigenvalue weighted by Crippen LogP contribution is 2.35. The van der Waals surface area contributed by atoms with Crippen LogP contribution in [-0.2, 0) is 0 Å². The van der Waals surface area contributed by atoms with Crippen molar-refractivity contribution in [2.45, 2.75) is 39.7 Å². The lowest BCUT2D eigenvalue weighted by atomic mass is 10.1. The van der Waals surface area contributed by atoms with Gasteiger partial charge in [-0.1, -0.05) is 0 Å². The summed E-state index contributed by atoms with van der Waals surface area (Å²) in [6, 6.07) is 0.263. The van der Waals surface area contributed by atoms with Gasteiger partial charge in [-0.2, -0.15) is 0 Å². The van der Waals surface area contributed by atoms with Crippen LogP contribution in [0.3, 0.4) is 0 Å². The zero-order chi connectivity index (χ0) is 13.6. The fourth-order valence-electron chi connectivity index (χ4n) is 2.76. The predicted molar refractivity (Wildman–Crippen MR) is 81.0 cm³/mol. The minimum atomic E-state index is 0.263. The molecule has 102 valence electrons. The van der Waals surface area contributed by atoms with E-state index in [1.807, 2.05) is 6.92 Å². The van der Waals surface area contributed by atoms with Crippen LogP contribution in [-0.4, -0.2) is 29.1 Å². The van der Waals surface area contributed by atoms with E-state index in [1.54, 1.807) is 11.3 Å². The fraction of sp³-hybridized carbons (Fsp3) is 0.571. The van der Waals surface area contributed by atoms with Crippen LogP contribution in [0.4, 0.5) is 5.82 Å². The van der Waals surface area contributed by atoms with Crippen molar-refractivity contribution in [1.29, 1.82) is 0 Å². The lowest BCUT2D eigenvalue weighted by molar-refractivity contribution is 0.504. The number of thiophene rings is 1. The van der Waals surface area contributed by atoms with E-state index in [-0.39, 0.29) is 6.04 Å². The van der Waals surface area contributed by atoms with Crippen LogP contribution in [0.15, 0.2) is 0 Å². The summed E-state index contributed by atoms with van der Waals surface area (Å²) >= 11 is 1.76. The van der Waals surface area contributed by atoms with Crippen LogP contribution in [0.5, 0.6) is 0 Å². The molecule has 2 N–H and O–H groups in total. The van der Waals surface area contributed by atoms with Crippen LogP contribution in [0.25, 0.3) is 10.2 Å². The van der Waals surface area contributed by atoms with Crippen molar-refractivity contribution in [3.63, 3.8) is 0 Å². The molecule has 0 amide bonds. The third-order valence-corrected chi connectivity index (χ3v) is 4.98. The summed E-state index contributed by atoms with van der Waals surface area (Å²) in [6.07, 6.45) is 2.26. The molecule has 19 heavy (non-hydrogen) atoms. The first-order valence-corrected chi connectivity index (χ1v) is 7.63. The summed E-state index contributed by atoms with van der Waals surface area (Å²) in [5, 5.41) is 1.22. The van der Waals surface area contributed by atoms with Crippen LogP contribution < -0.4 is 10.6 Å². The summed E-state index contributed by atoms with van der Waals surface area (Å²) in [7, 11) is 0. The molecule has 1 aliphatic heterocycles. The SMILES string of the molecule is Cc1nc(N2CCC[C@@H](N)C2)c2c(C)c(C)sc2n1. The second kappa shape index (κ2) is 4.72. The topological polar surface area (TPSA) is 55.0 Å². The zero-order valence-corrected chi connectivity index (χ0v) is 12.5. The Labute approximate surface area is 117 Å². The molecule has 4 nitrogen and oxygen atoms in total. The molecule has 1 fully saturated rings. The Kier molecular flexibility index (Phi) is 3.19. The van der Waals surface area contributed by atoms with E-state index >= 15 is 0 Å². The monoisotopic (exact) mass is 276 g/mol. The first-order chi connectivity index (χ1) is 9.06. The molecule has 0 radical (unpaired) electrons. The van der Waals surface area contributed by atoms with Gasteiger partial charge < -0.3 is 10.6 Å². The number of hydrogen-bond acceptors (Lipinski definition) is 5. The van der Waals surface area contributed by atoms with Gasteiger partial charge in [-0.25, -0.2) is 9.97 Å². The van der Waals surface area contributed by atoms with E-state index in [1.165, 1.54) is 15.8 Å². The van der Waals surface area contributed by atoms with Gasteiger partial charge in [0, 0.05) is 24.0 Å². The van der Waals surface area contributed by atoms with Gasteiger partial charge in [0.25, 0.3) is 0 Å². The zero-order valence-electron chi connectivity index (χ0n) is 11.7. The van der Waals surface area contributed by atoms with Crippen LogP contribution in [0.1, 0.15) is 29.1 Å². The van der Waals surface area contributed by atoms with E-state index in [0.29, 0.717) is 0 Å². The predicted octanol–water partition coefficient (Wildman–Crippen LogP) is 2.54. The Morgan fingerprint density at radius 3 is 2.79 bits per heavy atom. The fourth-order valence-corrected chi connectivity index (χ4v) is 3.83. The maximum absolute atomic E-state index is 6.11. The van der Waals surface area contributed by atoms with Crippen molar-refractivity contribution in [2.24, 2.45) is 5.73 Å². The number of hydrogen-bond donors (Lipinski definition) is 1. The van der Waals surface area contributed by atoms with Gasteiger partial charge in [0.2, 0.25) is 0 Å². The van der Waals surface area contributed by atoms with E-state index < -0.39 is 0 Å². The molecule has 5 heteroatoms. The standard InChI is InChI=1S/C14H20N4S/c1-8-9(2)19-14-12(8)13(16-10(3)17-14)18-6-4-5-11(15)7-18/h11H,4-7,15H2,1-3H3/t11-/m1/s1. The average molecular weight is 276 g/mol. The minimum Gasteiger partial charge on any atom is -0.354 e. The molecule has 3 heterocycles. The number of rotatable bonds is 1. The van der Waals surface area contributed by atoms with Crippen LogP contribution >= 0.6 is 11.3 Å². The number of nitrogens with two attached hydrogens (primary N) is 1. The van der Waals surface area contributed by atoms with E-state index in [9.17, 15) is 0 Å². The summed E-state index contributed by atoms with van der Waals surface area (Å²) in [5.41, 5.74) is 7.42. The van der Waals surface area contributed by atoms with Crippen molar-refractivity contribution in [1.82, 2.24) is 9.97 Å². The summed E-state index contributed by atoms with van der Waals surface area (Å²) in [4.78, 5) is 14.1. The van der Waals surface area contributed by atoms with E-state index in [2.05, 4.69) is 23.7 Å². The Morgan fingerprint density at radius 1 is 1.26 bits per heavy atom. The molecule has 3 rings (SSSR count). The molecule has 1 atom stereocenters. The molecule has 0 aromatic carbocycles. The van der Waals surface area contributed by atoms with Crippen molar-refractivity contribution in [3.8, 4) is 0 Å². The number of nitrogens with zero attached hydrogens (tertiary/aromatic N) is 3. The van der Waals surface area contributed by atoms with Crippen molar-refractivity contribution >= 4 is 27.4 Å². The number of fused-ring (bicyclic) bond motifs is 1. The molecule has 0 spiro atoms. The molecule has 1 saturated heterocycles. The summed E-state index contributed by atoms with van der Waals surface area (Å²) in [6.45, 7) is 8.24. The van der Waals surface area contributed by atoms with Gasteiger partial charge in [-0.3, -0.25) is 0 Å². The van der Waals surface area contributed by atoms with Crippen molar-refractivity contribution in [3.05, 3.63) is 16.3 Å². The molecule has 2 aromatic rings. The lowest BCUT2D eigenvalue weighted by Gasteiger charge is -2.32. The highest BCUT2D eigenvalue weighted by atomic mass is 32.1. The van der Waals surface area contributed by atoms with Gasteiger partial charge >= 0.3 is 0 Å². The second-order valence-corrected chi connectivity index (χ2v) is 6.61. The maximum atomic E-state index is 6.11. The molecule has 0 bridgehead atoms. The number of piperidine rings is 1. The van der Waals surface area contributed by atoms with Crippen LogP contribution in [0, 0.1) is 20.8 Å². The quantitative estimate of drug-likeness (QED) is 0.869. The Bertz CT molecular complexity index is 619. The molecular weight excluding hydrogens is 256 g/mol. The first kappa shape index (κ1) is 12.8. The first-order valence-electron chi connectivity index (χ1n) is 6.81. The highest BCUT2D eigenvalue weighted by molar-refractivity contribution is 7.18. The molecule has 0 saturated carbocycles. The number of aromatic nitrogens is 2. The number of aryl methyl sites for hydroxylation is 3. The van der Waals surface area contributed by atoms with Crippen LogP contribution in [0.2, 0.25) is 0 Å². The summed E-state index contributed by atoms with van der Waals surface area (Å²) in [5.74, 6) is 1.93. The normalized spacial score (nSPS) is 20.2. The molecule has 2 aromatic heterocycles. The molecule has 0 aliphatic carbocycles. The van der Waals surface area contributed by atoms with Gasteiger partial charge in [-0.15, -0.1) is 11.3 Å². The largest absolute Gasteiger partial charge is 0.354 e. The highest BCUT2D eigenvalue weighted by Gasteiger charge is 2.22. The summed E-state index contributed by atoms with van der Waals surface area (Å²) < 4.78 is 0. The maximum Gasteiger partial charge on any atom is 0.141 e. The Morgan fingerprint density at radius 2 is 2.05 bits per heavy atom.